The first-order valence-corrected chi connectivity index (χ1v) is 5.96. The van der Waals surface area contributed by atoms with Crippen molar-refractivity contribution in [3.05, 3.63) is 11.6 Å². The number of hydrogen-bond donors (Lipinski definition) is 4. The SMILES string of the molecule is O=C1C=C(C(=O)[C@]2(O)O[C@@H](CO)[C@H](O)[C@@H]2O)C(=O)C(=O)C1. The molecular formula is C12H12O9. The Morgan fingerprint density at radius 1 is 1.33 bits per heavy atom. The molecule has 1 aliphatic carbocycles. The third-order valence-corrected chi connectivity index (χ3v) is 3.32. The van der Waals surface area contributed by atoms with Gasteiger partial charge in [0.2, 0.25) is 17.3 Å². The molecule has 0 radical (unpaired) electrons. The Kier molecular flexibility index (Phi) is 3.87. The van der Waals surface area contributed by atoms with Gasteiger partial charge in [0.25, 0.3) is 5.79 Å². The number of carbonyl (C=O) groups excluding carboxylic acids is 4. The van der Waals surface area contributed by atoms with E-state index in [9.17, 15) is 34.5 Å². The van der Waals surface area contributed by atoms with Gasteiger partial charge in [-0.1, -0.05) is 0 Å². The molecular weight excluding hydrogens is 288 g/mol. The lowest BCUT2D eigenvalue weighted by molar-refractivity contribution is -0.220. The monoisotopic (exact) mass is 300 g/mol. The molecule has 1 heterocycles. The van der Waals surface area contributed by atoms with Gasteiger partial charge >= 0.3 is 0 Å². The van der Waals surface area contributed by atoms with E-state index in [0.29, 0.717) is 6.08 Å². The van der Waals surface area contributed by atoms with E-state index in [0.717, 1.165) is 0 Å². The van der Waals surface area contributed by atoms with Crippen LogP contribution in [0, 0.1) is 0 Å². The van der Waals surface area contributed by atoms with E-state index in [1.54, 1.807) is 0 Å². The van der Waals surface area contributed by atoms with Crippen LogP contribution in [0.4, 0.5) is 0 Å². The maximum Gasteiger partial charge on any atom is 0.261 e. The highest BCUT2D eigenvalue weighted by Crippen LogP contribution is 2.32. The van der Waals surface area contributed by atoms with Crippen molar-refractivity contribution in [1.82, 2.24) is 0 Å². The van der Waals surface area contributed by atoms with Gasteiger partial charge in [0, 0.05) is 0 Å². The molecule has 0 amide bonds. The summed E-state index contributed by atoms with van der Waals surface area (Å²) in [6.07, 6.45) is -5.49. The van der Waals surface area contributed by atoms with Crippen molar-refractivity contribution in [2.45, 2.75) is 30.5 Å². The molecule has 114 valence electrons. The number of aliphatic hydroxyl groups excluding tert-OH is 3. The minimum atomic E-state index is -3.02. The molecule has 0 bridgehead atoms. The van der Waals surface area contributed by atoms with Crippen molar-refractivity contribution in [3.63, 3.8) is 0 Å². The third-order valence-electron chi connectivity index (χ3n) is 3.32. The Hall–Kier alpha value is -1.78. The molecule has 1 fully saturated rings. The lowest BCUT2D eigenvalue weighted by atomic mass is 9.88. The van der Waals surface area contributed by atoms with Crippen LogP contribution in [0.2, 0.25) is 0 Å². The van der Waals surface area contributed by atoms with Gasteiger partial charge in [0.05, 0.1) is 18.6 Å². The summed E-state index contributed by atoms with van der Waals surface area (Å²) in [6.45, 7) is -0.807. The quantitative estimate of drug-likeness (QED) is 0.234. The summed E-state index contributed by atoms with van der Waals surface area (Å²) < 4.78 is 4.70. The van der Waals surface area contributed by atoms with Crippen molar-refractivity contribution in [2.75, 3.05) is 6.61 Å². The fraction of sp³-hybridized carbons (Fsp3) is 0.500. The highest BCUT2D eigenvalue weighted by atomic mass is 16.7. The normalized spacial score (nSPS) is 36.9. The van der Waals surface area contributed by atoms with Crippen LogP contribution in [-0.4, -0.2) is 74.3 Å². The second-order valence-electron chi connectivity index (χ2n) is 4.75. The number of ether oxygens (including phenoxy) is 1. The molecule has 2 rings (SSSR count). The summed E-state index contributed by atoms with van der Waals surface area (Å²) in [7, 11) is 0. The Morgan fingerprint density at radius 2 is 1.95 bits per heavy atom. The number of aliphatic hydroxyl groups is 4. The first-order chi connectivity index (χ1) is 9.72. The minimum absolute atomic E-state index is 0.582. The van der Waals surface area contributed by atoms with E-state index in [-0.39, 0.29) is 0 Å². The Morgan fingerprint density at radius 3 is 2.48 bits per heavy atom. The summed E-state index contributed by atoms with van der Waals surface area (Å²) >= 11 is 0. The lowest BCUT2D eigenvalue weighted by Crippen LogP contribution is -2.52. The summed E-state index contributed by atoms with van der Waals surface area (Å²) in [5.41, 5.74) is -0.927. The first kappa shape index (κ1) is 15.6. The van der Waals surface area contributed by atoms with E-state index in [2.05, 4.69) is 0 Å². The Balaban J connectivity index is 2.38. The van der Waals surface area contributed by atoms with E-state index in [1.807, 2.05) is 0 Å². The molecule has 9 nitrogen and oxygen atoms in total. The molecule has 0 saturated carbocycles. The summed E-state index contributed by atoms with van der Waals surface area (Å²) in [4.78, 5) is 46.2. The van der Waals surface area contributed by atoms with E-state index >= 15 is 0 Å². The van der Waals surface area contributed by atoms with Gasteiger partial charge in [-0.15, -0.1) is 0 Å². The Labute approximate surface area is 117 Å². The van der Waals surface area contributed by atoms with Crippen molar-refractivity contribution in [1.29, 1.82) is 0 Å². The van der Waals surface area contributed by atoms with Crippen LogP contribution in [0.25, 0.3) is 0 Å². The number of carbonyl (C=O) groups is 4. The van der Waals surface area contributed by atoms with Crippen LogP contribution in [-0.2, 0) is 23.9 Å². The average Bonchev–Trinajstić information content (AvgIpc) is 2.67. The zero-order chi connectivity index (χ0) is 15.9. The summed E-state index contributed by atoms with van der Waals surface area (Å²) in [5.74, 6) is -7.76. The first-order valence-electron chi connectivity index (χ1n) is 5.96. The number of Topliss-reactive ketones (excluding diaryl/α,β-unsaturated/α-hetero) is 3. The van der Waals surface area contributed by atoms with Gasteiger partial charge < -0.3 is 25.2 Å². The van der Waals surface area contributed by atoms with Gasteiger partial charge in [-0.25, -0.2) is 0 Å². The second kappa shape index (κ2) is 5.20. The Bertz CT molecular complexity index is 563. The van der Waals surface area contributed by atoms with Crippen molar-refractivity contribution in [2.24, 2.45) is 0 Å². The van der Waals surface area contributed by atoms with Crippen LogP contribution in [0.3, 0.4) is 0 Å². The van der Waals surface area contributed by atoms with E-state index < -0.39 is 65.8 Å². The number of hydrogen-bond acceptors (Lipinski definition) is 9. The van der Waals surface area contributed by atoms with Crippen LogP contribution >= 0.6 is 0 Å². The van der Waals surface area contributed by atoms with Gasteiger partial charge in [0.1, 0.15) is 18.3 Å². The number of rotatable bonds is 3. The van der Waals surface area contributed by atoms with Crippen LogP contribution in [0.5, 0.6) is 0 Å². The van der Waals surface area contributed by atoms with E-state index in [1.165, 1.54) is 0 Å². The van der Waals surface area contributed by atoms with Gasteiger partial charge in [0.15, 0.2) is 5.78 Å². The number of allylic oxidation sites excluding steroid dienone is 1. The maximum atomic E-state index is 12.1. The average molecular weight is 300 g/mol. The van der Waals surface area contributed by atoms with Crippen molar-refractivity contribution < 1.29 is 44.3 Å². The molecule has 1 aliphatic heterocycles. The second-order valence-corrected chi connectivity index (χ2v) is 4.75. The van der Waals surface area contributed by atoms with Gasteiger partial charge in [-0.05, 0) is 6.08 Å². The van der Waals surface area contributed by atoms with Crippen LogP contribution in [0.1, 0.15) is 6.42 Å². The third kappa shape index (κ3) is 2.34. The molecule has 1 saturated heterocycles. The predicted octanol–water partition coefficient (Wildman–Crippen LogP) is -3.61. The zero-order valence-corrected chi connectivity index (χ0v) is 10.6. The minimum Gasteiger partial charge on any atom is -0.394 e. The standard InChI is InChI=1S/C12H12O9/c13-3-7-9(17)11(19)12(20,21-7)10(18)5-1-4(14)2-6(15)8(5)16/h1,7,9,11,13,17,19-20H,2-3H2/t7-,9-,11-,12-/m0/s1. The van der Waals surface area contributed by atoms with Crippen LogP contribution < -0.4 is 0 Å². The molecule has 0 spiro atoms. The molecule has 21 heavy (non-hydrogen) atoms. The smallest absolute Gasteiger partial charge is 0.261 e. The maximum absolute atomic E-state index is 12.1. The largest absolute Gasteiger partial charge is 0.394 e. The summed E-state index contributed by atoms with van der Waals surface area (Å²) in [6, 6.07) is 0. The summed E-state index contributed by atoms with van der Waals surface area (Å²) in [5, 5.41) is 38.1. The van der Waals surface area contributed by atoms with Gasteiger partial charge in [-0.2, -0.15) is 0 Å². The van der Waals surface area contributed by atoms with E-state index in [4.69, 9.17) is 9.84 Å². The molecule has 0 aromatic heterocycles. The zero-order valence-electron chi connectivity index (χ0n) is 10.6. The molecule has 0 unspecified atom stereocenters. The topological polar surface area (TPSA) is 158 Å². The molecule has 9 heteroatoms. The fourth-order valence-corrected chi connectivity index (χ4v) is 2.17. The van der Waals surface area contributed by atoms with Crippen molar-refractivity contribution >= 4 is 23.1 Å². The highest BCUT2D eigenvalue weighted by molar-refractivity contribution is 6.55. The predicted molar refractivity (Wildman–Crippen MR) is 61.7 cm³/mol. The molecule has 4 N–H and O–H groups in total. The number of ketones is 4. The fourth-order valence-electron chi connectivity index (χ4n) is 2.17. The molecule has 0 aromatic rings. The lowest BCUT2D eigenvalue weighted by Gasteiger charge is -2.25. The van der Waals surface area contributed by atoms with Crippen LogP contribution in [0.15, 0.2) is 11.6 Å². The highest BCUT2D eigenvalue weighted by Gasteiger charge is 2.59. The van der Waals surface area contributed by atoms with Gasteiger partial charge in [-0.3, -0.25) is 19.2 Å². The molecule has 4 atom stereocenters. The molecule has 2 aliphatic rings. The molecule has 0 aromatic carbocycles. The van der Waals surface area contributed by atoms with Crippen molar-refractivity contribution in [3.8, 4) is 0 Å².